The topological polar surface area (TPSA) is 39.7 Å². The minimum atomic E-state index is 0. The van der Waals surface area contributed by atoms with Crippen molar-refractivity contribution in [3.05, 3.63) is 35.4 Å². The maximum Gasteiger partial charge on any atom is 0.191 e. The van der Waals surface area contributed by atoms with Gasteiger partial charge in [-0.3, -0.25) is 0 Å². The van der Waals surface area contributed by atoms with Crippen LogP contribution in [0, 0.1) is 0 Å². The van der Waals surface area contributed by atoms with E-state index in [-0.39, 0.29) is 24.0 Å². The molecule has 2 atom stereocenters. The average Bonchev–Trinajstić information content (AvgIpc) is 3.08. The molecule has 0 spiro atoms. The van der Waals surface area contributed by atoms with Crippen LogP contribution >= 0.6 is 35.7 Å². The van der Waals surface area contributed by atoms with Crippen LogP contribution in [0.2, 0.25) is 0 Å². The summed E-state index contributed by atoms with van der Waals surface area (Å²) in [5.74, 6) is 0.949. The summed E-state index contributed by atoms with van der Waals surface area (Å²) in [4.78, 5) is 7.13. The van der Waals surface area contributed by atoms with E-state index in [1.54, 1.807) is 0 Å². The highest BCUT2D eigenvalue weighted by atomic mass is 127. The molecule has 1 saturated carbocycles. The zero-order valence-corrected chi connectivity index (χ0v) is 19.8. The first-order chi connectivity index (χ1) is 12.1. The molecular weight excluding hydrogens is 455 g/mol. The summed E-state index contributed by atoms with van der Waals surface area (Å²) in [7, 11) is 2.15. The summed E-state index contributed by atoms with van der Waals surface area (Å²) in [6.07, 6.45) is 6.01. The lowest BCUT2D eigenvalue weighted by Gasteiger charge is -2.17. The molecule has 6 heteroatoms. The first-order valence-corrected chi connectivity index (χ1v) is 10.8. The predicted molar refractivity (Wildman–Crippen MR) is 127 cm³/mol. The number of nitrogens with one attached hydrogen (secondary N) is 2. The number of rotatable bonds is 8. The second kappa shape index (κ2) is 12.8. The van der Waals surface area contributed by atoms with E-state index in [9.17, 15) is 0 Å². The van der Waals surface area contributed by atoms with E-state index in [4.69, 9.17) is 4.99 Å². The molecule has 0 bridgehead atoms. The number of guanidine groups is 1. The predicted octanol–water partition coefficient (Wildman–Crippen LogP) is 4.10. The molecule has 4 nitrogen and oxygen atoms in total. The number of halogens is 1. The zero-order chi connectivity index (χ0) is 18.1. The van der Waals surface area contributed by atoms with Crippen LogP contribution in [-0.4, -0.2) is 48.5 Å². The van der Waals surface area contributed by atoms with Gasteiger partial charge in [-0.2, -0.15) is 11.8 Å². The Balaban J connectivity index is 0.00000338. The van der Waals surface area contributed by atoms with Gasteiger partial charge in [-0.1, -0.05) is 31.2 Å². The Morgan fingerprint density at radius 2 is 2.04 bits per heavy atom. The van der Waals surface area contributed by atoms with Crippen molar-refractivity contribution in [2.45, 2.75) is 57.5 Å². The van der Waals surface area contributed by atoms with E-state index in [1.165, 1.54) is 30.4 Å². The van der Waals surface area contributed by atoms with Crippen molar-refractivity contribution in [3.8, 4) is 0 Å². The molecule has 0 saturated heterocycles. The Labute approximate surface area is 181 Å². The Morgan fingerprint density at radius 1 is 1.27 bits per heavy atom. The van der Waals surface area contributed by atoms with Crippen molar-refractivity contribution < 1.29 is 0 Å². The lowest BCUT2D eigenvalue weighted by atomic mass is 10.1. The largest absolute Gasteiger partial charge is 0.357 e. The van der Waals surface area contributed by atoms with Gasteiger partial charge in [0.05, 0.1) is 6.54 Å². The number of nitrogens with zero attached hydrogens (tertiary/aromatic N) is 2. The van der Waals surface area contributed by atoms with E-state index in [0.29, 0.717) is 6.04 Å². The van der Waals surface area contributed by atoms with E-state index in [1.807, 2.05) is 11.8 Å². The standard InChI is InChI=1S/C20H34N4S.HI/c1-5-21-20(23-18-10-11-19(13-18)25-4)22-14-16-8-7-9-17(12-16)15-24(3)6-2;/h7-9,12,18-19H,5-6,10-11,13-15H2,1-4H3,(H2,21,22,23);1H. The highest BCUT2D eigenvalue weighted by Gasteiger charge is 2.24. The highest BCUT2D eigenvalue weighted by molar-refractivity contribution is 14.0. The molecule has 0 aliphatic heterocycles. The molecule has 1 aromatic rings. The van der Waals surface area contributed by atoms with Gasteiger partial charge in [-0.25, -0.2) is 4.99 Å². The fraction of sp³-hybridized carbons (Fsp3) is 0.650. The van der Waals surface area contributed by atoms with Gasteiger partial charge in [0.25, 0.3) is 0 Å². The van der Waals surface area contributed by atoms with E-state index < -0.39 is 0 Å². The molecule has 1 aromatic carbocycles. The van der Waals surface area contributed by atoms with Crippen molar-refractivity contribution in [1.29, 1.82) is 0 Å². The fourth-order valence-electron chi connectivity index (χ4n) is 3.22. The third-order valence-corrected chi connectivity index (χ3v) is 5.90. The maximum atomic E-state index is 4.81. The Bertz CT molecular complexity index is 552. The van der Waals surface area contributed by atoms with Gasteiger partial charge < -0.3 is 15.5 Å². The van der Waals surface area contributed by atoms with Gasteiger partial charge in [0.15, 0.2) is 5.96 Å². The maximum absolute atomic E-state index is 4.81. The third kappa shape index (κ3) is 8.05. The van der Waals surface area contributed by atoms with Crippen molar-refractivity contribution in [2.75, 3.05) is 26.4 Å². The highest BCUT2D eigenvalue weighted by Crippen LogP contribution is 2.28. The van der Waals surface area contributed by atoms with Crippen molar-refractivity contribution in [3.63, 3.8) is 0 Å². The minimum absolute atomic E-state index is 0. The number of hydrogen-bond acceptors (Lipinski definition) is 3. The minimum Gasteiger partial charge on any atom is -0.357 e. The second-order valence-electron chi connectivity index (χ2n) is 6.86. The summed E-state index contributed by atoms with van der Waals surface area (Å²) in [6.45, 7) is 7.98. The van der Waals surface area contributed by atoms with Crippen LogP contribution in [0.15, 0.2) is 29.3 Å². The number of hydrogen-bond donors (Lipinski definition) is 2. The summed E-state index contributed by atoms with van der Waals surface area (Å²) in [5.41, 5.74) is 2.63. The quantitative estimate of drug-likeness (QED) is 0.327. The third-order valence-electron chi connectivity index (χ3n) is 4.81. The molecule has 1 fully saturated rings. The molecule has 0 radical (unpaired) electrons. The van der Waals surface area contributed by atoms with Crippen molar-refractivity contribution >= 4 is 41.7 Å². The Kier molecular flexibility index (Phi) is 11.6. The zero-order valence-electron chi connectivity index (χ0n) is 16.6. The summed E-state index contributed by atoms with van der Waals surface area (Å²) < 4.78 is 0. The normalized spacial score (nSPS) is 20.1. The molecule has 0 heterocycles. The lowest BCUT2D eigenvalue weighted by molar-refractivity contribution is 0.345. The summed E-state index contributed by atoms with van der Waals surface area (Å²) in [5, 5.41) is 7.82. The van der Waals surface area contributed by atoms with Gasteiger partial charge in [0, 0.05) is 24.4 Å². The first kappa shape index (κ1) is 23.6. The summed E-state index contributed by atoms with van der Waals surface area (Å²) >= 11 is 1.99. The van der Waals surface area contributed by atoms with Crippen LogP contribution in [0.4, 0.5) is 0 Å². The molecule has 26 heavy (non-hydrogen) atoms. The van der Waals surface area contributed by atoms with Crippen LogP contribution in [-0.2, 0) is 13.1 Å². The average molecular weight is 490 g/mol. The van der Waals surface area contributed by atoms with Gasteiger partial charge >= 0.3 is 0 Å². The molecule has 1 aliphatic rings. The number of benzene rings is 1. The van der Waals surface area contributed by atoms with Crippen LogP contribution < -0.4 is 10.6 Å². The van der Waals surface area contributed by atoms with Gasteiger partial charge in [-0.05, 0) is 57.2 Å². The number of aliphatic imine (C=N–C) groups is 1. The molecule has 2 N–H and O–H groups in total. The van der Waals surface area contributed by atoms with Crippen LogP contribution in [0.1, 0.15) is 44.2 Å². The molecule has 148 valence electrons. The van der Waals surface area contributed by atoms with E-state index >= 15 is 0 Å². The van der Waals surface area contributed by atoms with Crippen LogP contribution in [0.3, 0.4) is 0 Å². The van der Waals surface area contributed by atoms with Crippen LogP contribution in [0.5, 0.6) is 0 Å². The second-order valence-corrected chi connectivity index (χ2v) is 8.00. The summed E-state index contributed by atoms with van der Waals surface area (Å²) in [6, 6.07) is 9.34. The van der Waals surface area contributed by atoms with E-state index in [0.717, 1.165) is 37.4 Å². The number of thioether (sulfide) groups is 1. The molecule has 2 rings (SSSR count). The fourth-order valence-corrected chi connectivity index (χ4v) is 4.02. The van der Waals surface area contributed by atoms with Crippen LogP contribution in [0.25, 0.3) is 0 Å². The van der Waals surface area contributed by atoms with Crippen molar-refractivity contribution in [1.82, 2.24) is 15.5 Å². The van der Waals surface area contributed by atoms with Gasteiger partial charge in [0.2, 0.25) is 0 Å². The molecule has 1 aliphatic carbocycles. The monoisotopic (exact) mass is 490 g/mol. The molecule has 2 unspecified atom stereocenters. The molecule has 0 aromatic heterocycles. The van der Waals surface area contributed by atoms with Crippen molar-refractivity contribution in [2.24, 2.45) is 4.99 Å². The van der Waals surface area contributed by atoms with Gasteiger partial charge in [0.1, 0.15) is 0 Å². The molecule has 0 amide bonds. The Morgan fingerprint density at radius 3 is 2.69 bits per heavy atom. The smallest absolute Gasteiger partial charge is 0.191 e. The molecular formula is C20H35IN4S. The van der Waals surface area contributed by atoms with Gasteiger partial charge in [-0.15, -0.1) is 24.0 Å². The van der Waals surface area contributed by atoms with E-state index in [2.05, 4.69) is 66.9 Å². The first-order valence-electron chi connectivity index (χ1n) is 9.48. The Hall–Kier alpha value is -0.470. The lowest BCUT2D eigenvalue weighted by Crippen LogP contribution is -2.42. The SMILES string of the molecule is CCNC(=NCc1cccc(CN(C)CC)c1)NC1CCC(SC)C1.I.